The fourth-order valence-corrected chi connectivity index (χ4v) is 7.06. The summed E-state index contributed by atoms with van der Waals surface area (Å²) in [7, 11) is 4.36. The second kappa shape index (κ2) is 28.6. The van der Waals surface area contributed by atoms with Crippen LogP contribution in [-0.4, -0.2) is 107 Å². The van der Waals surface area contributed by atoms with Crippen molar-refractivity contribution >= 4 is 54.5 Å². The Morgan fingerprint density at radius 2 is 0.583 bits per heavy atom. The van der Waals surface area contributed by atoms with Crippen LogP contribution in [0.4, 0.5) is 0 Å². The molecule has 382 valence electrons. The molecule has 2 aliphatic heterocycles. The molecule has 2 aliphatic rings. The van der Waals surface area contributed by atoms with Crippen LogP contribution in [0.15, 0.2) is 121 Å². The summed E-state index contributed by atoms with van der Waals surface area (Å²) >= 11 is 0. The zero-order chi connectivity index (χ0) is 52.1. The molecule has 2 fully saturated rings. The molecule has 4 aromatic rings. The van der Waals surface area contributed by atoms with Crippen molar-refractivity contribution < 1.29 is 93.0 Å². The van der Waals surface area contributed by atoms with Crippen LogP contribution in [0.5, 0.6) is 0 Å². The molecule has 2 heterocycles. The van der Waals surface area contributed by atoms with Crippen LogP contribution in [0.1, 0.15) is 60.3 Å². The van der Waals surface area contributed by atoms with Crippen molar-refractivity contribution in [2.45, 2.75) is 62.4 Å². The molecule has 0 bridgehead atoms. The fourth-order valence-electron chi connectivity index (χ4n) is 7.06. The van der Waals surface area contributed by atoms with E-state index in [2.05, 4.69) is 21.3 Å². The quantitative estimate of drug-likeness (QED) is 0.0710. The van der Waals surface area contributed by atoms with E-state index in [4.69, 9.17) is 48.1 Å². The van der Waals surface area contributed by atoms with E-state index in [1.165, 1.54) is 62.4 Å². The number of hydrogen-bond donors (Lipinski definition) is 4. The van der Waals surface area contributed by atoms with Crippen molar-refractivity contribution in [2.75, 3.05) is 28.4 Å². The average Bonchev–Trinajstić information content (AvgIpc) is 3.98. The second-order valence-electron chi connectivity index (χ2n) is 14.8. The molecule has 0 unspecified atom stereocenters. The number of nitrogens with one attached hydrogen (secondary N) is 4. The topological polar surface area (TPSA) is 306 Å². The predicted octanol–water partition coefficient (Wildman–Crippen LogP) is 2.17. The van der Waals surface area contributed by atoms with Crippen LogP contribution >= 0.6 is 0 Å². The van der Waals surface area contributed by atoms with Crippen molar-refractivity contribution in [2.24, 2.45) is 0 Å². The van der Waals surface area contributed by atoms with E-state index >= 15 is 0 Å². The molecule has 24 heteroatoms. The van der Waals surface area contributed by atoms with Crippen LogP contribution in [0.3, 0.4) is 0 Å². The summed E-state index contributed by atoms with van der Waals surface area (Å²) in [5, 5.41) is 24.6. The van der Waals surface area contributed by atoms with E-state index in [1.54, 1.807) is 84.9 Å². The molecule has 4 amide bonds. The Morgan fingerprint density at radius 3 is 0.736 bits per heavy atom. The Bertz CT molecular complexity index is 2230. The van der Waals surface area contributed by atoms with Gasteiger partial charge in [-0.05, 0) is 22.3 Å². The maximum Gasteiger partial charge on any atom is 1.00 e. The van der Waals surface area contributed by atoms with Crippen molar-refractivity contribution in [1.82, 2.24) is 21.3 Å². The summed E-state index contributed by atoms with van der Waals surface area (Å²) in [6.45, 7) is -1.14. The Hall–Kier alpha value is -7.96. The molecular formula is C48H50BCuN6O16. The van der Waals surface area contributed by atoms with E-state index in [0.717, 1.165) is 28.4 Å². The summed E-state index contributed by atoms with van der Waals surface area (Å²) in [5.74, 6) is -8.38. The molecule has 0 saturated carbocycles. The van der Waals surface area contributed by atoms with Crippen LogP contribution in [0.2, 0.25) is 0 Å². The van der Waals surface area contributed by atoms with Gasteiger partial charge in [-0.15, -0.1) is 0 Å². The van der Waals surface area contributed by atoms with Crippen molar-refractivity contribution in [3.63, 3.8) is 0 Å². The summed E-state index contributed by atoms with van der Waals surface area (Å²) in [6, 6.07) is 29.2. The van der Waals surface area contributed by atoms with Crippen LogP contribution in [-0.2, 0) is 93.0 Å². The first kappa shape index (κ1) is 58.4. The summed E-state index contributed by atoms with van der Waals surface area (Å²) in [5.41, 5.74) is 1.06. The second-order valence-corrected chi connectivity index (χ2v) is 14.8. The van der Waals surface area contributed by atoms with Gasteiger partial charge in [0.15, 0.2) is 24.2 Å². The Morgan fingerprint density at radius 1 is 0.417 bits per heavy atom. The van der Waals surface area contributed by atoms with Crippen molar-refractivity contribution in [3.05, 3.63) is 144 Å². The molecular weight excluding hydrogens is 991 g/mol. The zero-order valence-electron chi connectivity index (χ0n) is 39.5. The number of carbonyl (C=O) groups excluding carboxylic acids is 8. The van der Waals surface area contributed by atoms with Gasteiger partial charge in [-0.1, -0.05) is 121 Å². The van der Waals surface area contributed by atoms with E-state index in [0.29, 0.717) is 0 Å². The summed E-state index contributed by atoms with van der Waals surface area (Å²) < 4.78 is 43.8. The molecule has 4 aromatic carbocycles. The summed E-state index contributed by atoms with van der Waals surface area (Å²) in [6.07, 6.45) is -8.43. The van der Waals surface area contributed by atoms with E-state index in [-0.39, 0.29) is 39.3 Å². The van der Waals surface area contributed by atoms with Gasteiger partial charge in [0.1, 0.15) is 24.4 Å². The van der Waals surface area contributed by atoms with Crippen molar-refractivity contribution in [1.29, 1.82) is 10.5 Å². The Balaban J connectivity index is 0.00000186. The van der Waals surface area contributed by atoms with Crippen LogP contribution < -0.4 is 21.3 Å². The van der Waals surface area contributed by atoms with Gasteiger partial charge in [0.25, 0.3) is 0 Å². The first-order chi connectivity index (χ1) is 34.2. The standard InChI is InChI=1S/C44H44BN4O16.2C2H3N.Cu/c1-58-41(54)29(25-17-9-5-10-18-25)46-37(50)33-34(38(51)47-30(42(55)59-2)26-19-11-6-12-20-26)63-45(62-33)64-35(39(52)48-31(43(56)60-3)27-21-13-7-14-22-27)36(65-45)40(53)49-32(44(57)61-4)28-23-15-8-16-24-28;2*1-2-3;/h5-24,29-36H,1-4H3,(H,46,50)(H,47,51)(H,48,52)(H,49,53);2*1H3;/q-1;;;+1/t29-,30-,31-,32-,33-,34-,35-,36-;;;/m1.../s1. The van der Waals surface area contributed by atoms with E-state index in [9.17, 15) is 38.4 Å². The average molecular weight is 1040 g/mol. The number of hydrogen-bond acceptors (Lipinski definition) is 18. The van der Waals surface area contributed by atoms with Gasteiger partial charge in [-0.3, -0.25) is 19.2 Å². The number of rotatable bonds is 16. The molecule has 4 N–H and O–H groups in total. The Labute approximate surface area is 424 Å². The zero-order valence-corrected chi connectivity index (χ0v) is 40.4. The van der Waals surface area contributed by atoms with Gasteiger partial charge in [-0.25, -0.2) is 19.2 Å². The maximum atomic E-state index is 14.3. The molecule has 72 heavy (non-hydrogen) atoms. The van der Waals surface area contributed by atoms with Crippen LogP contribution in [0, 0.1) is 22.7 Å². The number of nitrogens with zero attached hydrogens (tertiary/aromatic N) is 2. The third-order valence-corrected chi connectivity index (χ3v) is 10.3. The molecule has 8 atom stereocenters. The Kier molecular flexibility index (Phi) is 23.2. The molecule has 0 radical (unpaired) electrons. The predicted molar refractivity (Wildman–Crippen MR) is 245 cm³/mol. The maximum absolute atomic E-state index is 14.3. The third-order valence-electron chi connectivity index (χ3n) is 10.3. The fraction of sp³-hybridized carbons (Fsp3) is 0.292. The first-order valence-corrected chi connectivity index (χ1v) is 21.3. The number of esters is 4. The molecule has 0 aliphatic carbocycles. The third kappa shape index (κ3) is 15.0. The minimum absolute atomic E-state index is 0. The first-order valence-electron chi connectivity index (χ1n) is 21.3. The normalized spacial score (nSPS) is 18.4. The number of methoxy groups -OCH3 is 4. The molecule has 2 saturated heterocycles. The van der Waals surface area contributed by atoms with Crippen LogP contribution in [0.25, 0.3) is 0 Å². The number of carbonyl (C=O) groups is 8. The SMILES string of the molecule is CC#N.CC#N.COC(=O)[C@H](NC(=O)[C@@H]1O[B-]2(O[C@H]1C(=O)N[C@@H](C(=O)OC)c1ccccc1)O[C@@H](C(=O)N[C@@H](C(=O)OC)c1ccccc1)[C@H](C(=O)N[C@@H](C(=O)OC)c1ccccc1)O2)c1ccccc1.[Cu+]. The minimum Gasteiger partial charge on any atom is -0.507 e. The van der Waals surface area contributed by atoms with E-state index < -0.39 is 103 Å². The van der Waals surface area contributed by atoms with Gasteiger partial charge >= 0.3 is 47.9 Å². The molecule has 6 rings (SSSR count). The number of benzene rings is 4. The van der Waals surface area contributed by atoms with Gasteiger partial charge in [-0.2, -0.15) is 10.5 Å². The molecule has 22 nitrogen and oxygen atoms in total. The molecule has 1 spiro atoms. The number of nitriles is 2. The van der Waals surface area contributed by atoms with Gasteiger partial charge < -0.3 is 58.8 Å². The van der Waals surface area contributed by atoms with Crippen molar-refractivity contribution in [3.8, 4) is 12.1 Å². The minimum atomic E-state index is -4.01. The van der Waals surface area contributed by atoms with Gasteiger partial charge in [0.05, 0.1) is 40.6 Å². The van der Waals surface area contributed by atoms with E-state index in [1.807, 2.05) is 0 Å². The monoisotopic (exact) mass is 1040 g/mol. The van der Waals surface area contributed by atoms with Gasteiger partial charge in [0.2, 0.25) is 23.6 Å². The number of ether oxygens (including phenoxy) is 4. The number of amides is 4. The largest absolute Gasteiger partial charge is 1.00 e. The van der Waals surface area contributed by atoms with Gasteiger partial charge in [0, 0.05) is 13.8 Å². The summed E-state index contributed by atoms with van der Waals surface area (Å²) in [4.78, 5) is 110. The smallest absolute Gasteiger partial charge is 0.507 e. The molecule has 0 aromatic heterocycles.